The van der Waals surface area contributed by atoms with Crippen LogP contribution >= 0.6 is 0 Å². The number of amides is 2. The zero-order chi connectivity index (χ0) is 18.2. The van der Waals surface area contributed by atoms with Gasteiger partial charge < -0.3 is 19.9 Å². The highest BCUT2D eigenvalue weighted by Gasteiger charge is 2.22. The largest absolute Gasteiger partial charge is 0.378 e. The Bertz CT molecular complexity index is 570. The lowest BCUT2D eigenvalue weighted by molar-refractivity contribution is 0.0274. The molecule has 0 radical (unpaired) electrons. The highest BCUT2D eigenvalue weighted by atomic mass is 19.1. The Balaban J connectivity index is 1.30. The average molecular weight is 363 g/mol. The number of halogens is 1. The molecule has 26 heavy (non-hydrogen) atoms. The number of hydrogen-bond acceptors (Lipinski definition) is 3. The molecule has 3 rings (SSSR count). The fraction of sp³-hybridized carbons (Fsp3) is 0.650. The summed E-state index contributed by atoms with van der Waals surface area (Å²) < 4.78 is 19.7. The number of para-hydroxylation sites is 1. The molecule has 2 amide bonds. The van der Waals surface area contributed by atoms with Gasteiger partial charge in [0.2, 0.25) is 0 Å². The van der Waals surface area contributed by atoms with Crippen LogP contribution in [0.4, 0.5) is 14.9 Å². The number of benzene rings is 1. The van der Waals surface area contributed by atoms with Crippen molar-refractivity contribution in [1.82, 2.24) is 10.2 Å². The molecular weight excluding hydrogens is 333 g/mol. The van der Waals surface area contributed by atoms with E-state index in [9.17, 15) is 9.18 Å². The SMILES string of the molecule is O=C(NCCCOC1CCCCC1)N1CCN(c2ccccc2F)CC1. The van der Waals surface area contributed by atoms with Crippen LogP contribution in [0.1, 0.15) is 38.5 Å². The zero-order valence-electron chi connectivity index (χ0n) is 15.5. The molecule has 1 aromatic rings. The van der Waals surface area contributed by atoms with E-state index in [1.165, 1.54) is 38.2 Å². The van der Waals surface area contributed by atoms with Crippen molar-refractivity contribution in [2.24, 2.45) is 0 Å². The molecule has 0 bridgehead atoms. The van der Waals surface area contributed by atoms with Crippen LogP contribution in [-0.2, 0) is 4.74 Å². The number of rotatable bonds is 6. The predicted octanol–water partition coefficient (Wildman–Crippen LogP) is 3.40. The maximum absolute atomic E-state index is 13.9. The maximum atomic E-state index is 13.9. The predicted molar refractivity (Wildman–Crippen MR) is 101 cm³/mol. The molecule has 2 aliphatic rings. The maximum Gasteiger partial charge on any atom is 0.317 e. The van der Waals surface area contributed by atoms with Crippen molar-refractivity contribution in [2.45, 2.75) is 44.6 Å². The van der Waals surface area contributed by atoms with Gasteiger partial charge in [-0.05, 0) is 31.4 Å². The monoisotopic (exact) mass is 363 g/mol. The number of carbonyl (C=O) groups is 1. The first-order valence-corrected chi connectivity index (χ1v) is 9.88. The minimum atomic E-state index is -0.205. The third-order valence-corrected chi connectivity index (χ3v) is 5.26. The van der Waals surface area contributed by atoms with E-state index in [4.69, 9.17) is 4.74 Å². The van der Waals surface area contributed by atoms with Crippen molar-refractivity contribution < 1.29 is 13.9 Å². The Hall–Kier alpha value is -1.82. The van der Waals surface area contributed by atoms with Gasteiger partial charge in [0.1, 0.15) is 5.82 Å². The Labute approximate surface area is 155 Å². The molecule has 1 saturated carbocycles. The fourth-order valence-electron chi connectivity index (χ4n) is 3.72. The Morgan fingerprint density at radius 3 is 2.58 bits per heavy atom. The molecule has 1 saturated heterocycles. The van der Waals surface area contributed by atoms with Crippen LogP contribution in [-0.4, -0.2) is 56.4 Å². The molecule has 0 spiro atoms. The number of carbonyl (C=O) groups excluding carboxylic acids is 1. The number of ether oxygens (including phenoxy) is 1. The van der Waals surface area contributed by atoms with Gasteiger partial charge in [-0.1, -0.05) is 31.4 Å². The number of hydrogen-bond donors (Lipinski definition) is 1. The first kappa shape index (κ1) is 19.0. The van der Waals surface area contributed by atoms with E-state index in [1.54, 1.807) is 17.0 Å². The normalized spacial score (nSPS) is 18.8. The molecule has 1 heterocycles. The standard InChI is InChI=1S/C20H30FN3O2/c21-18-9-4-5-10-19(18)23-12-14-24(15-13-23)20(25)22-11-6-16-26-17-7-2-1-3-8-17/h4-5,9-10,17H,1-3,6-8,11-16H2,(H,22,25). The molecule has 1 N–H and O–H groups in total. The van der Waals surface area contributed by atoms with E-state index in [-0.39, 0.29) is 11.8 Å². The van der Waals surface area contributed by atoms with Gasteiger partial charge in [0.05, 0.1) is 11.8 Å². The van der Waals surface area contributed by atoms with Gasteiger partial charge in [-0.25, -0.2) is 9.18 Å². The minimum Gasteiger partial charge on any atom is -0.378 e. The van der Waals surface area contributed by atoms with Crippen LogP contribution in [0.5, 0.6) is 0 Å². The second-order valence-corrected chi connectivity index (χ2v) is 7.14. The zero-order valence-corrected chi connectivity index (χ0v) is 15.5. The Morgan fingerprint density at radius 1 is 1.12 bits per heavy atom. The third kappa shape index (κ3) is 5.34. The van der Waals surface area contributed by atoms with Crippen molar-refractivity contribution in [1.29, 1.82) is 0 Å². The average Bonchev–Trinajstić information content (AvgIpc) is 2.69. The van der Waals surface area contributed by atoms with Crippen LogP contribution < -0.4 is 10.2 Å². The lowest BCUT2D eigenvalue weighted by Crippen LogP contribution is -2.52. The van der Waals surface area contributed by atoms with Crippen molar-refractivity contribution in [3.63, 3.8) is 0 Å². The van der Waals surface area contributed by atoms with Crippen LogP contribution in [0.2, 0.25) is 0 Å². The second kappa shape index (κ2) is 9.76. The molecule has 0 aromatic heterocycles. The number of anilines is 1. The second-order valence-electron chi connectivity index (χ2n) is 7.14. The molecule has 2 fully saturated rings. The lowest BCUT2D eigenvalue weighted by Gasteiger charge is -2.36. The Kier molecular flexibility index (Phi) is 7.12. The van der Waals surface area contributed by atoms with Gasteiger partial charge in [0, 0.05) is 39.3 Å². The quantitative estimate of drug-likeness (QED) is 0.788. The summed E-state index contributed by atoms with van der Waals surface area (Å²) in [5.41, 5.74) is 0.618. The third-order valence-electron chi connectivity index (χ3n) is 5.26. The van der Waals surface area contributed by atoms with E-state index >= 15 is 0 Å². The molecule has 1 aliphatic heterocycles. The van der Waals surface area contributed by atoms with Crippen LogP contribution in [0.3, 0.4) is 0 Å². The first-order chi connectivity index (χ1) is 12.7. The van der Waals surface area contributed by atoms with E-state index < -0.39 is 0 Å². The molecule has 1 aliphatic carbocycles. The molecule has 1 aromatic carbocycles. The van der Waals surface area contributed by atoms with Crippen molar-refractivity contribution in [3.05, 3.63) is 30.1 Å². The van der Waals surface area contributed by atoms with Gasteiger partial charge in [-0.15, -0.1) is 0 Å². The first-order valence-electron chi connectivity index (χ1n) is 9.88. The molecule has 144 valence electrons. The number of piperazine rings is 1. The summed E-state index contributed by atoms with van der Waals surface area (Å²) in [5.74, 6) is -0.205. The number of urea groups is 1. The summed E-state index contributed by atoms with van der Waals surface area (Å²) in [6.07, 6.45) is 7.51. The van der Waals surface area contributed by atoms with Gasteiger partial charge >= 0.3 is 6.03 Å². The van der Waals surface area contributed by atoms with Crippen LogP contribution in [0.15, 0.2) is 24.3 Å². The Morgan fingerprint density at radius 2 is 1.85 bits per heavy atom. The van der Waals surface area contributed by atoms with Crippen molar-refractivity contribution in [3.8, 4) is 0 Å². The van der Waals surface area contributed by atoms with E-state index in [0.29, 0.717) is 51.1 Å². The summed E-state index contributed by atoms with van der Waals surface area (Å²) in [6.45, 7) is 3.88. The lowest BCUT2D eigenvalue weighted by atomic mass is 9.98. The molecule has 5 nitrogen and oxygen atoms in total. The smallest absolute Gasteiger partial charge is 0.317 e. The van der Waals surface area contributed by atoms with Gasteiger partial charge in [0.15, 0.2) is 0 Å². The summed E-state index contributed by atoms with van der Waals surface area (Å²) in [6, 6.07) is 6.77. The highest BCUT2D eigenvalue weighted by molar-refractivity contribution is 5.74. The molecular formula is C20H30FN3O2. The van der Waals surface area contributed by atoms with Gasteiger partial charge in [-0.2, -0.15) is 0 Å². The van der Waals surface area contributed by atoms with Gasteiger partial charge in [-0.3, -0.25) is 0 Å². The van der Waals surface area contributed by atoms with E-state index in [1.807, 2.05) is 11.0 Å². The van der Waals surface area contributed by atoms with Crippen LogP contribution in [0.25, 0.3) is 0 Å². The van der Waals surface area contributed by atoms with E-state index in [2.05, 4.69) is 5.32 Å². The number of nitrogens with one attached hydrogen (secondary N) is 1. The highest BCUT2D eigenvalue weighted by Crippen LogP contribution is 2.21. The summed E-state index contributed by atoms with van der Waals surface area (Å²) in [7, 11) is 0. The molecule has 0 unspecified atom stereocenters. The number of nitrogens with zero attached hydrogens (tertiary/aromatic N) is 2. The van der Waals surface area contributed by atoms with Crippen LogP contribution in [0, 0.1) is 5.82 Å². The van der Waals surface area contributed by atoms with Crippen molar-refractivity contribution >= 4 is 11.7 Å². The summed E-state index contributed by atoms with van der Waals surface area (Å²) >= 11 is 0. The van der Waals surface area contributed by atoms with Gasteiger partial charge in [0.25, 0.3) is 0 Å². The van der Waals surface area contributed by atoms with Crippen molar-refractivity contribution in [2.75, 3.05) is 44.2 Å². The fourth-order valence-corrected chi connectivity index (χ4v) is 3.72. The minimum absolute atomic E-state index is 0.0316. The summed E-state index contributed by atoms with van der Waals surface area (Å²) in [4.78, 5) is 16.1. The summed E-state index contributed by atoms with van der Waals surface area (Å²) in [5, 5.41) is 2.97. The molecule has 6 heteroatoms. The topological polar surface area (TPSA) is 44.8 Å². The molecule has 0 atom stereocenters. The van der Waals surface area contributed by atoms with E-state index in [0.717, 1.165) is 6.42 Å².